The third-order valence-electron chi connectivity index (χ3n) is 3.38. The molecule has 2 aromatic carbocycles. The molecule has 0 saturated carbocycles. The number of carbonyl (C=O) groups excluding carboxylic acids is 2. The Bertz CT molecular complexity index is 758. The summed E-state index contributed by atoms with van der Waals surface area (Å²) in [6.07, 6.45) is 0.172. The van der Waals surface area contributed by atoms with Crippen LogP contribution in [0.25, 0.3) is 0 Å². The number of methoxy groups -OCH3 is 1. The molecule has 0 spiro atoms. The van der Waals surface area contributed by atoms with Gasteiger partial charge in [0, 0.05) is 5.56 Å². The molecule has 0 atom stereocenters. The molecule has 0 saturated heterocycles. The van der Waals surface area contributed by atoms with Crippen LogP contribution in [0.4, 0.5) is 0 Å². The van der Waals surface area contributed by atoms with Crippen molar-refractivity contribution in [2.75, 3.05) is 7.11 Å². The number of amides is 2. The van der Waals surface area contributed by atoms with E-state index in [0.717, 1.165) is 16.9 Å². The van der Waals surface area contributed by atoms with Crippen LogP contribution < -0.4 is 20.9 Å². The smallest absolute Gasteiger partial charge is 0.257 e. The maximum absolute atomic E-state index is 12.0. The third kappa shape index (κ3) is 5.89. The first-order chi connectivity index (χ1) is 12.0. The SMILES string of the molecule is COc1ccc(CC(=O)NNC(=S)NC(=O)c2ccc(C)cc2)cc1. The zero-order valence-corrected chi connectivity index (χ0v) is 14.8. The molecule has 0 aliphatic carbocycles. The third-order valence-corrected chi connectivity index (χ3v) is 3.58. The molecule has 7 heteroatoms. The quantitative estimate of drug-likeness (QED) is 0.575. The van der Waals surface area contributed by atoms with Crippen LogP contribution in [0, 0.1) is 6.92 Å². The first-order valence-electron chi connectivity index (χ1n) is 7.57. The summed E-state index contributed by atoms with van der Waals surface area (Å²) in [6.45, 7) is 1.94. The summed E-state index contributed by atoms with van der Waals surface area (Å²) >= 11 is 5.00. The Labute approximate surface area is 151 Å². The normalized spacial score (nSPS) is 9.84. The van der Waals surface area contributed by atoms with Crippen molar-refractivity contribution < 1.29 is 14.3 Å². The molecule has 0 heterocycles. The van der Waals surface area contributed by atoms with Crippen LogP contribution in [-0.4, -0.2) is 24.0 Å². The molecule has 2 amide bonds. The van der Waals surface area contributed by atoms with Crippen LogP contribution in [0.5, 0.6) is 5.75 Å². The first kappa shape index (κ1) is 18.4. The standard InChI is InChI=1S/C18H19N3O3S/c1-12-3-7-14(8-4-12)17(23)19-18(25)21-20-16(22)11-13-5-9-15(24-2)10-6-13/h3-10H,11H2,1-2H3,(H,20,22)(H2,19,21,23,25). The van der Waals surface area contributed by atoms with Gasteiger partial charge in [0.2, 0.25) is 5.91 Å². The van der Waals surface area contributed by atoms with Gasteiger partial charge in [-0.15, -0.1) is 0 Å². The van der Waals surface area contributed by atoms with E-state index in [0.29, 0.717) is 5.56 Å². The Kier molecular flexibility index (Phi) is 6.47. The van der Waals surface area contributed by atoms with Gasteiger partial charge in [-0.3, -0.25) is 25.8 Å². The van der Waals surface area contributed by atoms with E-state index in [-0.39, 0.29) is 23.3 Å². The van der Waals surface area contributed by atoms with Gasteiger partial charge in [-0.25, -0.2) is 0 Å². The summed E-state index contributed by atoms with van der Waals surface area (Å²) in [7, 11) is 1.58. The minimum atomic E-state index is -0.345. The molecule has 2 aromatic rings. The van der Waals surface area contributed by atoms with Gasteiger partial charge >= 0.3 is 0 Å². The van der Waals surface area contributed by atoms with E-state index in [9.17, 15) is 9.59 Å². The van der Waals surface area contributed by atoms with Crippen molar-refractivity contribution in [2.45, 2.75) is 13.3 Å². The van der Waals surface area contributed by atoms with Crippen LogP contribution in [0.3, 0.4) is 0 Å². The number of carbonyl (C=O) groups is 2. The lowest BCUT2D eigenvalue weighted by molar-refractivity contribution is -0.121. The summed E-state index contributed by atoms with van der Waals surface area (Å²) in [5, 5.41) is 2.52. The van der Waals surface area contributed by atoms with E-state index < -0.39 is 0 Å². The number of benzene rings is 2. The largest absolute Gasteiger partial charge is 0.497 e. The summed E-state index contributed by atoms with van der Waals surface area (Å²) in [4.78, 5) is 23.9. The maximum atomic E-state index is 12.0. The first-order valence-corrected chi connectivity index (χ1v) is 7.98. The van der Waals surface area contributed by atoms with Gasteiger partial charge in [0.25, 0.3) is 5.91 Å². The van der Waals surface area contributed by atoms with Gasteiger partial charge in [-0.05, 0) is 49.0 Å². The fourth-order valence-electron chi connectivity index (χ4n) is 2.01. The van der Waals surface area contributed by atoms with Crippen molar-refractivity contribution in [1.82, 2.24) is 16.2 Å². The average molecular weight is 357 g/mol. The van der Waals surface area contributed by atoms with Crippen molar-refractivity contribution >= 4 is 29.1 Å². The maximum Gasteiger partial charge on any atom is 0.257 e. The molecule has 0 unspecified atom stereocenters. The summed E-state index contributed by atoms with van der Waals surface area (Å²) in [5.41, 5.74) is 7.33. The minimum absolute atomic E-state index is 0.0219. The molecular formula is C18H19N3O3S. The fraction of sp³-hybridized carbons (Fsp3) is 0.167. The summed E-state index contributed by atoms with van der Waals surface area (Å²) < 4.78 is 5.06. The molecule has 0 aliphatic rings. The van der Waals surface area contributed by atoms with E-state index in [1.54, 1.807) is 43.5 Å². The Morgan fingerprint density at radius 1 is 1.00 bits per heavy atom. The number of hydrogen-bond donors (Lipinski definition) is 3. The molecule has 130 valence electrons. The highest BCUT2D eigenvalue weighted by molar-refractivity contribution is 7.80. The second kappa shape index (κ2) is 8.79. The van der Waals surface area contributed by atoms with E-state index in [4.69, 9.17) is 17.0 Å². The number of thiocarbonyl (C=S) groups is 1. The van der Waals surface area contributed by atoms with E-state index in [2.05, 4.69) is 16.2 Å². The lowest BCUT2D eigenvalue weighted by Crippen LogP contribution is -2.48. The van der Waals surface area contributed by atoms with Gasteiger partial charge in [0.05, 0.1) is 13.5 Å². The molecule has 0 bridgehead atoms. The van der Waals surface area contributed by atoms with E-state index in [1.807, 2.05) is 19.1 Å². The Morgan fingerprint density at radius 3 is 2.24 bits per heavy atom. The summed E-state index contributed by atoms with van der Waals surface area (Å²) in [5.74, 6) is 0.0984. The molecule has 6 nitrogen and oxygen atoms in total. The van der Waals surface area contributed by atoms with Crippen LogP contribution in [-0.2, 0) is 11.2 Å². The topological polar surface area (TPSA) is 79.5 Å². The van der Waals surface area contributed by atoms with Gasteiger partial charge in [0.15, 0.2) is 5.11 Å². The number of ether oxygens (including phenoxy) is 1. The second-order valence-corrected chi connectivity index (χ2v) is 5.76. The van der Waals surface area contributed by atoms with Gasteiger partial charge in [0.1, 0.15) is 5.75 Å². The Morgan fingerprint density at radius 2 is 1.64 bits per heavy atom. The number of hydrazine groups is 1. The zero-order chi connectivity index (χ0) is 18.2. The van der Waals surface area contributed by atoms with Crippen molar-refractivity contribution in [3.8, 4) is 5.75 Å². The highest BCUT2D eigenvalue weighted by atomic mass is 32.1. The van der Waals surface area contributed by atoms with E-state index in [1.165, 1.54) is 0 Å². The number of aryl methyl sites for hydroxylation is 1. The Hall–Kier alpha value is -2.93. The predicted octanol–water partition coefficient (Wildman–Crippen LogP) is 1.88. The number of rotatable bonds is 4. The van der Waals surface area contributed by atoms with Crippen molar-refractivity contribution in [3.05, 3.63) is 65.2 Å². The number of hydrogen-bond acceptors (Lipinski definition) is 4. The van der Waals surface area contributed by atoms with Crippen LogP contribution in [0.2, 0.25) is 0 Å². The highest BCUT2D eigenvalue weighted by Gasteiger charge is 2.08. The molecular weight excluding hydrogens is 338 g/mol. The van der Waals surface area contributed by atoms with Crippen molar-refractivity contribution in [1.29, 1.82) is 0 Å². The van der Waals surface area contributed by atoms with E-state index >= 15 is 0 Å². The molecule has 0 radical (unpaired) electrons. The minimum Gasteiger partial charge on any atom is -0.497 e. The Balaban J connectivity index is 1.77. The molecule has 25 heavy (non-hydrogen) atoms. The van der Waals surface area contributed by atoms with Crippen LogP contribution >= 0.6 is 12.2 Å². The average Bonchev–Trinajstić information content (AvgIpc) is 2.61. The highest BCUT2D eigenvalue weighted by Crippen LogP contribution is 2.11. The molecule has 0 aromatic heterocycles. The van der Waals surface area contributed by atoms with Crippen molar-refractivity contribution in [3.63, 3.8) is 0 Å². The van der Waals surface area contributed by atoms with Crippen LogP contribution in [0.1, 0.15) is 21.5 Å². The second-order valence-electron chi connectivity index (χ2n) is 5.35. The lowest BCUT2D eigenvalue weighted by atomic mass is 10.1. The lowest BCUT2D eigenvalue weighted by Gasteiger charge is -2.11. The van der Waals surface area contributed by atoms with Gasteiger partial charge < -0.3 is 4.74 Å². The van der Waals surface area contributed by atoms with Gasteiger partial charge in [-0.1, -0.05) is 29.8 Å². The van der Waals surface area contributed by atoms with Crippen molar-refractivity contribution in [2.24, 2.45) is 0 Å². The molecule has 0 fully saturated rings. The predicted molar refractivity (Wildman–Crippen MR) is 99.2 cm³/mol. The summed E-state index contributed by atoms with van der Waals surface area (Å²) in [6, 6.07) is 14.2. The molecule has 2 rings (SSSR count). The van der Waals surface area contributed by atoms with Crippen LogP contribution in [0.15, 0.2) is 48.5 Å². The number of nitrogens with one attached hydrogen (secondary N) is 3. The zero-order valence-electron chi connectivity index (χ0n) is 14.0. The molecule has 0 aliphatic heterocycles. The monoisotopic (exact) mass is 357 g/mol. The van der Waals surface area contributed by atoms with Gasteiger partial charge in [-0.2, -0.15) is 0 Å². The fourth-order valence-corrected chi connectivity index (χ4v) is 2.15. The molecule has 3 N–H and O–H groups in total.